The predicted octanol–water partition coefficient (Wildman–Crippen LogP) is 0.392. The molecule has 0 radical (unpaired) electrons. The summed E-state index contributed by atoms with van der Waals surface area (Å²) in [6.45, 7) is 0.780. The highest BCUT2D eigenvalue weighted by molar-refractivity contribution is 5.85. The van der Waals surface area contributed by atoms with E-state index < -0.39 is 36.0 Å². The van der Waals surface area contributed by atoms with Crippen molar-refractivity contribution in [3.05, 3.63) is 35.4 Å². The third kappa shape index (κ3) is 2.93. The first-order chi connectivity index (χ1) is 9.50. The fourth-order valence-corrected chi connectivity index (χ4v) is 2.18. The Bertz CT molecular complexity index is 516. The second kappa shape index (κ2) is 5.96. The number of hydrogen-bond acceptors (Lipinski definition) is 3. The van der Waals surface area contributed by atoms with Crippen molar-refractivity contribution in [1.82, 2.24) is 10.2 Å². The van der Waals surface area contributed by atoms with Gasteiger partial charge in [-0.1, -0.05) is 6.07 Å². The fourth-order valence-electron chi connectivity index (χ4n) is 2.18. The van der Waals surface area contributed by atoms with Crippen molar-refractivity contribution in [2.75, 3.05) is 19.6 Å². The lowest BCUT2D eigenvalue weighted by atomic mass is 10.1. The van der Waals surface area contributed by atoms with Crippen LogP contribution in [0.2, 0.25) is 0 Å². The summed E-state index contributed by atoms with van der Waals surface area (Å²) in [7, 11) is 0. The maximum Gasteiger partial charge on any atom is 0.327 e. The summed E-state index contributed by atoms with van der Waals surface area (Å²) in [4.78, 5) is 24.3. The van der Waals surface area contributed by atoms with Gasteiger partial charge in [0.15, 0.2) is 0 Å². The Morgan fingerprint density at radius 2 is 2.00 bits per heavy atom. The smallest absolute Gasteiger partial charge is 0.327 e. The van der Waals surface area contributed by atoms with E-state index in [-0.39, 0.29) is 18.7 Å². The zero-order valence-corrected chi connectivity index (χ0v) is 10.6. The number of carboxylic acid groups (broad SMARTS) is 1. The number of nitrogens with one attached hydrogen (secondary N) is 1. The zero-order valence-electron chi connectivity index (χ0n) is 10.6. The van der Waals surface area contributed by atoms with Crippen molar-refractivity contribution in [3.63, 3.8) is 0 Å². The van der Waals surface area contributed by atoms with Gasteiger partial charge in [-0.05, 0) is 12.1 Å². The van der Waals surface area contributed by atoms with E-state index in [9.17, 15) is 18.4 Å². The van der Waals surface area contributed by atoms with Crippen LogP contribution in [-0.4, -0.2) is 47.6 Å². The van der Waals surface area contributed by atoms with E-state index in [2.05, 4.69) is 5.32 Å². The first-order valence-corrected chi connectivity index (χ1v) is 6.16. The summed E-state index contributed by atoms with van der Waals surface area (Å²) < 4.78 is 27.0. The molecule has 108 valence electrons. The maximum atomic E-state index is 13.5. The molecule has 1 heterocycles. The number of aliphatic carboxylic acids is 1. The van der Waals surface area contributed by atoms with E-state index in [0.29, 0.717) is 6.54 Å². The number of amides is 1. The molecule has 1 atom stereocenters. The molecule has 0 aliphatic carbocycles. The first kappa shape index (κ1) is 14.4. The molecule has 1 fully saturated rings. The van der Waals surface area contributed by atoms with Gasteiger partial charge >= 0.3 is 5.97 Å². The SMILES string of the molecule is O=C(O)C1CNCCN1C(=O)Cc1c(F)cccc1F. The number of benzene rings is 1. The minimum atomic E-state index is -1.14. The first-order valence-electron chi connectivity index (χ1n) is 6.16. The highest BCUT2D eigenvalue weighted by atomic mass is 19.1. The Morgan fingerprint density at radius 1 is 1.35 bits per heavy atom. The number of carboxylic acids is 1. The van der Waals surface area contributed by atoms with Crippen LogP contribution in [0.3, 0.4) is 0 Å². The van der Waals surface area contributed by atoms with E-state index in [1.807, 2.05) is 0 Å². The monoisotopic (exact) mass is 284 g/mol. The molecule has 7 heteroatoms. The molecule has 1 aromatic rings. The molecule has 1 unspecified atom stereocenters. The number of carbonyl (C=O) groups is 2. The standard InChI is InChI=1S/C13H14F2N2O3/c14-9-2-1-3-10(15)8(9)6-12(18)17-5-4-16-7-11(17)13(19)20/h1-3,11,16H,4-7H2,(H,19,20). The Kier molecular flexibility index (Phi) is 4.29. The van der Waals surface area contributed by atoms with Crippen LogP contribution >= 0.6 is 0 Å². The highest BCUT2D eigenvalue weighted by Gasteiger charge is 2.32. The van der Waals surface area contributed by atoms with E-state index in [4.69, 9.17) is 5.11 Å². The molecule has 0 bridgehead atoms. The van der Waals surface area contributed by atoms with Crippen molar-refractivity contribution in [3.8, 4) is 0 Å². The number of halogens is 2. The summed E-state index contributed by atoms with van der Waals surface area (Å²) in [5.41, 5.74) is -0.333. The molecule has 0 aromatic heterocycles. The van der Waals surface area contributed by atoms with Gasteiger partial charge in [-0.3, -0.25) is 4.79 Å². The molecule has 1 amide bonds. The van der Waals surface area contributed by atoms with Crippen molar-refractivity contribution in [2.45, 2.75) is 12.5 Å². The van der Waals surface area contributed by atoms with Gasteiger partial charge in [0.25, 0.3) is 0 Å². The lowest BCUT2D eigenvalue weighted by molar-refractivity contribution is -0.151. The fraction of sp³-hybridized carbons (Fsp3) is 0.385. The van der Waals surface area contributed by atoms with Crippen LogP contribution in [0.1, 0.15) is 5.56 Å². The second-order valence-electron chi connectivity index (χ2n) is 4.52. The molecule has 0 saturated carbocycles. The normalized spacial score (nSPS) is 18.9. The summed E-state index contributed by atoms with van der Waals surface area (Å²) in [6, 6.07) is 2.34. The Hall–Kier alpha value is -2.02. The van der Waals surface area contributed by atoms with Gasteiger partial charge in [-0.25, -0.2) is 13.6 Å². The van der Waals surface area contributed by atoms with E-state index in [0.717, 1.165) is 17.0 Å². The molecule has 2 rings (SSSR count). The van der Waals surface area contributed by atoms with Gasteiger partial charge in [0.1, 0.15) is 17.7 Å². The lowest BCUT2D eigenvalue weighted by Gasteiger charge is -2.33. The molecule has 1 aromatic carbocycles. The third-order valence-corrected chi connectivity index (χ3v) is 3.24. The van der Waals surface area contributed by atoms with Crippen molar-refractivity contribution < 1.29 is 23.5 Å². The second-order valence-corrected chi connectivity index (χ2v) is 4.52. The Morgan fingerprint density at radius 3 is 2.60 bits per heavy atom. The number of rotatable bonds is 3. The van der Waals surface area contributed by atoms with Crippen molar-refractivity contribution in [2.24, 2.45) is 0 Å². The van der Waals surface area contributed by atoms with Gasteiger partial charge in [0, 0.05) is 25.2 Å². The van der Waals surface area contributed by atoms with Gasteiger partial charge in [-0.15, -0.1) is 0 Å². The molecular formula is C13H14F2N2O3. The van der Waals surface area contributed by atoms with Crippen LogP contribution in [0.15, 0.2) is 18.2 Å². The summed E-state index contributed by atoms with van der Waals surface area (Å²) >= 11 is 0. The zero-order chi connectivity index (χ0) is 14.7. The summed E-state index contributed by atoms with van der Waals surface area (Å²) in [5.74, 6) is -3.34. The van der Waals surface area contributed by atoms with Crippen LogP contribution in [0.25, 0.3) is 0 Å². The van der Waals surface area contributed by atoms with Gasteiger partial charge in [0.2, 0.25) is 5.91 Å². The van der Waals surface area contributed by atoms with Gasteiger partial charge in [-0.2, -0.15) is 0 Å². The molecule has 1 aliphatic rings. The molecule has 1 saturated heterocycles. The molecule has 1 aliphatic heterocycles. The van der Waals surface area contributed by atoms with Crippen LogP contribution < -0.4 is 5.32 Å². The van der Waals surface area contributed by atoms with Crippen LogP contribution in [0.5, 0.6) is 0 Å². The lowest BCUT2D eigenvalue weighted by Crippen LogP contribution is -2.57. The van der Waals surface area contributed by atoms with Crippen LogP contribution in [0.4, 0.5) is 8.78 Å². The van der Waals surface area contributed by atoms with Crippen LogP contribution in [0, 0.1) is 11.6 Å². The van der Waals surface area contributed by atoms with Crippen molar-refractivity contribution >= 4 is 11.9 Å². The van der Waals surface area contributed by atoms with E-state index in [1.54, 1.807) is 0 Å². The largest absolute Gasteiger partial charge is 0.480 e. The average molecular weight is 284 g/mol. The summed E-state index contributed by atoms with van der Waals surface area (Å²) in [5, 5.41) is 11.9. The van der Waals surface area contributed by atoms with Gasteiger partial charge in [0.05, 0.1) is 6.42 Å². The average Bonchev–Trinajstić information content (AvgIpc) is 2.43. The predicted molar refractivity (Wildman–Crippen MR) is 66.1 cm³/mol. The third-order valence-electron chi connectivity index (χ3n) is 3.24. The molecular weight excluding hydrogens is 270 g/mol. The number of piperazine rings is 1. The number of hydrogen-bond donors (Lipinski definition) is 2. The number of carbonyl (C=O) groups excluding carboxylic acids is 1. The highest BCUT2D eigenvalue weighted by Crippen LogP contribution is 2.15. The Balaban J connectivity index is 2.16. The topological polar surface area (TPSA) is 69.6 Å². The quantitative estimate of drug-likeness (QED) is 0.842. The van der Waals surface area contributed by atoms with Crippen LogP contribution in [-0.2, 0) is 16.0 Å². The minimum absolute atomic E-state index is 0.126. The molecule has 5 nitrogen and oxygen atoms in total. The van der Waals surface area contributed by atoms with Crippen molar-refractivity contribution in [1.29, 1.82) is 0 Å². The summed E-state index contributed by atoms with van der Waals surface area (Å²) in [6.07, 6.45) is -0.484. The van der Waals surface area contributed by atoms with E-state index in [1.165, 1.54) is 6.07 Å². The Labute approximate surface area is 114 Å². The number of nitrogens with zero attached hydrogens (tertiary/aromatic N) is 1. The molecule has 20 heavy (non-hydrogen) atoms. The van der Waals surface area contributed by atoms with E-state index >= 15 is 0 Å². The molecule has 0 spiro atoms. The van der Waals surface area contributed by atoms with Gasteiger partial charge < -0.3 is 15.3 Å². The minimum Gasteiger partial charge on any atom is -0.480 e. The maximum absolute atomic E-state index is 13.5. The molecule has 2 N–H and O–H groups in total.